The molecule has 3 fully saturated rings. The molecule has 1 amide bonds. The molecule has 0 radical (unpaired) electrons. The molecule has 0 aromatic heterocycles. The zero-order chi connectivity index (χ0) is 53.1. The van der Waals surface area contributed by atoms with Crippen molar-refractivity contribution >= 4 is 29.2 Å². The molecule has 0 spiro atoms. The second-order valence-corrected chi connectivity index (χ2v) is 21.0. The lowest BCUT2D eigenvalue weighted by molar-refractivity contribution is -0.266. The van der Waals surface area contributed by atoms with Gasteiger partial charge in [0.15, 0.2) is 5.78 Å². The van der Waals surface area contributed by atoms with Crippen LogP contribution in [0.2, 0.25) is 0 Å². The number of fused-ring (bicyclic) bond motifs is 3. The van der Waals surface area contributed by atoms with E-state index in [2.05, 4.69) is 0 Å². The monoisotopic (exact) mass is 1020 g/mol. The van der Waals surface area contributed by atoms with E-state index in [1.54, 1.807) is 48.2 Å². The van der Waals surface area contributed by atoms with Gasteiger partial charge in [0.2, 0.25) is 5.79 Å². The summed E-state index contributed by atoms with van der Waals surface area (Å²) in [6.45, 7) is 14.2. The minimum atomic E-state index is -2.47. The molecule has 15 atom stereocenters. The fourth-order valence-electron chi connectivity index (χ4n) is 10.8. The highest BCUT2D eigenvalue weighted by Crippen LogP contribution is 2.38. The molecule has 1 saturated carbocycles. The first kappa shape index (κ1) is 61.1. The third-order valence-corrected chi connectivity index (χ3v) is 15.4. The lowest BCUT2D eigenvalue weighted by Gasteiger charge is -2.43. The van der Waals surface area contributed by atoms with Gasteiger partial charge in [0.05, 0.1) is 50.8 Å². The molecule has 0 aromatic rings. The van der Waals surface area contributed by atoms with E-state index in [9.17, 15) is 34.2 Å². The van der Waals surface area contributed by atoms with Crippen LogP contribution in [0, 0.1) is 35.5 Å². The number of aliphatic hydroxyl groups excluding tert-OH is 1. The molecule has 3 heterocycles. The van der Waals surface area contributed by atoms with Crippen molar-refractivity contribution in [2.75, 3.05) is 61.4 Å². The first-order chi connectivity index (χ1) is 34.3. The summed E-state index contributed by atoms with van der Waals surface area (Å²) in [6.07, 6.45) is 12.3. The molecule has 72 heavy (non-hydrogen) atoms. The lowest BCUT2D eigenvalue weighted by Crippen LogP contribution is -2.61. The van der Waals surface area contributed by atoms with Crippen molar-refractivity contribution in [2.45, 2.75) is 180 Å². The van der Waals surface area contributed by atoms with Crippen molar-refractivity contribution in [1.29, 1.82) is 0 Å². The van der Waals surface area contributed by atoms with Gasteiger partial charge < -0.3 is 53.0 Å². The van der Waals surface area contributed by atoms with Gasteiger partial charge in [-0.25, -0.2) is 4.79 Å². The van der Waals surface area contributed by atoms with Gasteiger partial charge in [0.25, 0.3) is 11.7 Å². The maximum absolute atomic E-state index is 14.5. The van der Waals surface area contributed by atoms with E-state index in [1.807, 2.05) is 58.1 Å². The summed E-state index contributed by atoms with van der Waals surface area (Å²) < 4.78 is 46.8. The van der Waals surface area contributed by atoms with Crippen LogP contribution in [0.5, 0.6) is 0 Å². The molecule has 16 nitrogen and oxygen atoms in total. The van der Waals surface area contributed by atoms with Gasteiger partial charge >= 0.3 is 5.97 Å². The number of carbonyl (C=O) groups is 5. The Morgan fingerprint density at radius 2 is 1.53 bits per heavy atom. The molecule has 408 valence electrons. The summed E-state index contributed by atoms with van der Waals surface area (Å²) in [5.74, 6) is -7.94. The SMILES string of the molecule is COCCOCCO[C@@H]1C[C@@H]2CC[C@@H](C)[C@@](O)(O2)C(=O)C(=O)N2CCCC[C@H]2C(=O)O[C@H]([C@H](C)C[C@@H]2CC[C@@H](OC)[C@H](OC)C2)CC(=O)[C@H](C)/C=C(\C)[C@@H](O)[C@@H](OC)C(=O)[C@H](C)C[C@H](C)/C=C/C=C/C=C/1C. The van der Waals surface area contributed by atoms with E-state index < -0.39 is 77.8 Å². The number of rotatable bonds is 13. The molecule has 2 bridgehead atoms. The average molecular weight is 1020 g/mol. The van der Waals surface area contributed by atoms with Crippen LogP contribution in [0.25, 0.3) is 0 Å². The van der Waals surface area contributed by atoms with Gasteiger partial charge in [0, 0.05) is 65.6 Å². The first-order valence-corrected chi connectivity index (χ1v) is 26.5. The van der Waals surface area contributed by atoms with Gasteiger partial charge in [-0.1, -0.05) is 71.1 Å². The number of aliphatic hydroxyl groups is 2. The molecule has 0 aromatic carbocycles. The number of ketones is 3. The second kappa shape index (κ2) is 30.2. The van der Waals surface area contributed by atoms with Crippen LogP contribution in [0.1, 0.15) is 126 Å². The van der Waals surface area contributed by atoms with Gasteiger partial charge in [-0.2, -0.15) is 0 Å². The van der Waals surface area contributed by atoms with E-state index in [0.29, 0.717) is 63.9 Å². The third-order valence-electron chi connectivity index (χ3n) is 15.4. The Morgan fingerprint density at radius 1 is 0.806 bits per heavy atom. The lowest BCUT2D eigenvalue weighted by atomic mass is 9.78. The summed E-state index contributed by atoms with van der Waals surface area (Å²) in [4.78, 5) is 72.6. The Balaban J connectivity index is 1.71. The normalized spacial score (nSPS) is 37.7. The van der Waals surface area contributed by atoms with Gasteiger partial charge in [-0.15, -0.1) is 0 Å². The van der Waals surface area contributed by atoms with Crippen molar-refractivity contribution in [3.63, 3.8) is 0 Å². The largest absolute Gasteiger partial charge is 0.460 e. The number of Topliss-reactive ketones (excluding diaryl/α,β-unsaturated/α-hetero) is 3. The Kier molecular flexibility index (Phi) is 25.6. The van der Waals surface area contributed by atoms with Gasteiger partial charge in [-0.3, -0.25) is 19.2 Å². The second-order valence-electron chi connectivity index (χ2n) is 21.0. The average Bonchev–Trinajstić information content (AvgIpc) is 3.36. The zero-order valence-electron chi connectivity index (χ0n) is 45.2. The number of piperidine rings is 1. The fraction of sp³-hybridized carbons (Fsp3) is 0.768. The number of nitrogens with zero attached hydrogens (tertiary/aromatic N) is 1. The number of allylic oxidation sites excluding steroid dienone is 6. The van der Waals surface area contributed by atoms with Crippen molar-refractivity contribution in [3.8, 4) is 0 Å². The predicted octanol–water partition coefficient (Wildman–Crippen LogP) is 6.87. The quantitative estimate of drug-likeness (QED) is 0.0837. The van der Waals surface area contributed by atoms with Gasteiger partial charge in [0.1, 0.15) is 30.1 Å². The summed E-state index contributed by atoms with van der Waals surface area (Å²) >= 11 is 0. The van der Waals surface area contributed by atoms with E-state index >= 15 is 0 Å². The van der Waals surface area contributed by atoms with E-state index in [-0.39, 0.29) is 73.9 Å². The maximum atomic E-state index is 14.5. The molecule has 16 heteroatoms. The number of methoxy groups -OCH3 is 4. The molecule has 2 saturated heterocycles. The Morgan fingerprint density at radius 3 is 2.22 bits per heavy atom. The molecule has 4 aliphatic rings. The van der Waals surface area contributed by atoms with E-state index in [4.69, 9.17) is 37.9 Å². The van der Waals surface area contributed by atoms with Crippen LogP contribution >= 0.6 is 0 Å². The number of ether oxygens (including phenoxy) is 8. The molecular weight excluding hydrogens is 927 g/mol. The summed E-state index contributed by atoms with van der Waals surface area (Å²) in [5.41, 5.74) is 1.24. The third kappa shape index (κ3) is 17.3. The van der Waals surface area contributed by atoms with E-state index in [1.165, 1.54) is 12.0 Å². The predicted molar refractivity (Wildman–Crippen MR) is 272 cm³/mol. The van der Waals surface area contributed by atoms with Crippen molar-refractivity contribution in [3.05, 3.63) is 47.6 Å². The van der Waals surface area contributed by atoms with Crippen molar-refractivity contribution < 1.29 is 72.1 Å². The minimum absolute atomic E-state index is 0.000925. The summed E-state index contributed by atoms with van der Waals surface area (Å²) in [5, 5.41) is 23.7. The molecule has 2 N–H and O–H groups in total. The summed E-state index contributed by atoms with van der Waals surface area (Å²) in [6, 6.07) is -1.15. The standard InChI is InChI=1S/C56H89NO15/c1-35-17-13-12-14-18-36(2)47(70-28-27-69-26-25-65-8)33-43-22-20-41(7)56(64,72-43)53(61)54(62)57-24-16-15-19-44(57)55(63)71-48(38(4)31-42-21-23-46(66-9)49(32-42)67-10)34-45(58)37(3)30-40(6)51(60)52(68-11)50(59)39(5)29-35/h12-14,17-18,30,35,37-39,41-44,46-49,51-52,60,64H,15-16,19-29,31-34H2,1-11H3/b14-12+,17-13+,36-18+,40-30+/t35-,37-,38-,39-,41-,42+,43+,44+,46-,47-,48+,49-,51-,52+,56-/m1/s1. The smallest absolute Gasteiger partial charge is 0.329 e. The van der Waals surface area contributed by atoms with E-state index in [0.717, 1.165) is 24.8 Å². The zero-order valence-corrected chi connectivity index (χ0v) is 45.2. The Labute approximate surface area is 429 Å². The van der Waals surface area contributed by atoms with Crippen LogP contribution in [-0.4, -0.2) is 160 Å². The number of esters is 1. The van der Waals surface area contributed by atoms with Crippen LogP contribution in [-0.2, 0) is 61.9 Å². The topological polar surface area (TPSA) is 203 Å². The maximum Gasteiger partial charge on any atom is 0.329 e. The first-order valence-electron chi connectivity index (χ1n) is 26.5. The molecular formula is C56H89NO15. The van der Waals surface area contributed by atoms with Crippen LogP contribution in [0.15, 0.2) is 47.6 Å². The highest BCUT2D eigenvalue weighted by atomic mass is 16.6. The minimum Gasteiger partial charge on any atom is -0.460 e. The fourth-order valence-corrected chi connectivity index (χ4v) is 10.8. The number of hydrogen-bond donors (Lipinski definition) is 2. The van der Waals surface area contributed by atoms with Crippen LogP contribution < -0.4 is 0 Å². The number of amides is 1. The van der Waals surface area contributed by atoms with Crippen LogP contribution in [0.3, 0.4) is 0 Å². The highest BCUT2D eigenvalue weighted by Gasteiger charge is 2.53. The number of cyclic esters (lactones) is 1. The Bertz CT molecular complexity index is 1880. The molecule has 0 unspecified atom stereocenters. The molecule has 3 aliphatic heterocycles. The molecule has 4 rings (SSSR count). The number of hydrogen-bond acceptors (Lipinski definition) is 15. The highest BCUT2D eigenvalue weighted by molar-refractivity contribution is 6.39. The number of carbonyl (C=O) groups excluding carboxylic acids is 5. The Hall–Kier alpha value is -3.45. The van der Waals surface area contributed by atoms with Crippen LogP contribution in [0.4, 0.5) is 0 Å². The van der Waals surface area contributed by atoms with Crippen molar-refractivity contribution in [2.24, 2.45) is 35.5 Å². The summed E-state index contributed by atoms with van der Waals surface area (Å²) in [7, 11) is 6.32. The van der Waals surface area contributed by atoms with Crippen molar-refractivity contribution in [1.82, 2.24) is 4.90 Å². The molecule has 1 aliphatic carbocycles. The van der Waals surface area contributed by atoms with Gasteiger partial charge in [-0.05, 0) is 107 Å².